The number of nitrogens with zero attached hydrogens (tertiary/aromatic N) is 3. The molecule has 3 heterocycles. The number of thiophene rings is 1. The van der Waals surface area contributed by atoms with Gasteiger partial charge in [-0.15, -0.1) is 11.3 Å². The molecule has 1 atom stereocenters. The highest BCUT2D eigenvalue weighted by Gasteiger charge is 2.35. The molecule has 2 aliphatic rings. The molecule has 146 valence electrons. The summed E-state index contributed by atoms with van der Waals surface area (Å²) >= 11 is 1.29. The van der Waals surface area contributed by atoms with Gasteiger partial charge in [0.1, 0.15) is 17.1 Å². The summed E-state index contributed by atoms with van der Waals surface area (Å²) in [6.45, 7) is 2.82. The summed E-state index contributed by atoms with van der Waals surface area (Å²) in [6.07, 6.45) is 3.66. The third-order valence-corrected chi connectivity index (χ3v) is 7.45. The lowest BCUT2D eigenvalue weighted by atomic mass is 10.0. The molecule has 8 nitrogen and oxygen atoms in total. The molecule has 0 spiro atoms. The number of hydrogen-bond acceptors (Lipinski definition) is 6. The molecule has 0 radical (unpaired) electrons. The van der Waals surface area contributed by atoms with Crippen molar-refractivity contribution < 1.29 is 18.0 Å². The van der Waals surface area contributed by atoms with E-state index in [0.717, 1.165) is 29.5 Å². The van der Waals surface area contributed by atoms with Crippen LogP contribution >= 0.6 is 11.3 Å². The molecule has 1 aromatic rings. The molecule has 1 saturated heterocycles. The maximum absolute atomic E-state index is 12.8. The Hall–Kier alpha value is -1.96. The Morgan fingerprint density at radius 1 is 1.30 bits per heavy atom. The maximum Gasteiger partial charge on any atom is 0.243 e. The van der Waals surface area contributed by atoms with E-state index in [1.165, 1.54) is 22.6 Å². The number of hydrogen-bond donors (Lipinski definition) is 1. The first-order valence-corrected chi connectivity index (χ1v) is 11.5. The molecule has 2 amide bonds. The molecule has 2 aliphatic heterocycles. The third-order valence-electron chi connectivity index (χ3n) is 5.03. The lowest BCUT2D eigenvalue weighted by Gasteiger charge is -2.32. The standard InChI is InChI=1S/C17H22N4O4S2/c1-11(22)20-8-6-12-13(9-18)17(26-15(12)10-20)19-16(23)14-5-3-4-7-21(14)27(2,24)25/h14H,3-8,10H2,1-2H3,(H,19,23). The minimum absolute atomic E-state index is 0.0239. The number of nitrogens with one attached hydrogen (secondary N) is 1. The number of carbonyl (C=O) groups is 2. The molecule has 0 aromatic carbocycles. The zero-order valence-electron chi connectivity index (χ0n) is 15.3. The van der Waals surface area contributed by atoms with Crippen molar-refractivity contribution in [1.82, 2.24) is 9.21 Å². The van der Waals surface area contributed by atoms with Gasteiger partial charge >= 0.3 is 0 Å². The number of piperidine rings is 1. The minimum Gasteiger partial charge on any atom is -0.337 e. The van der Waals surface area contributed by atoms with Crippen molar-refractivity contribution >= 4 is 38.2 Å². The Morgan fingerprint density at radius 2 is 2.04 bits per heavy atom. The number of carbonyl (C=O) groups excluding carboxylic acids is 2. The van der Waals surface area contributed by atoms with E-state index in [9.17, 15) is 23.3 Å². The molecule has 1 fully saturated rings. The number of sulfonamides is 1. The van der Waals surface area contributed by atoms with E-state index in [1.807, 2.05) is 0 Å². The largest absolute Gasteiger partial charge is 0.337 e. The van der Waals surface area contributed by atoms with Gasteiger partial charge in [-0.3, -0.25) is 9.59 Å². The van der Waals surface area contributed by atoms with E-state index in [2.05, 4.69) is 11.4 Å². The summed E-state index contributed by atoms with van der Waals surface area (Å²) in [5.41, 5.74) is 1.30. The van der Waals surface area contributed by atoms with Gasteiger partial charge in [0.25, 0.3) is 0 Å². The second-order valence-electron chi connectivity index (χ2n) is 6.88. The van der Waals surface area contributed by atoms with Crippen molar-refractivity contribution in [2.75, 3.05) is 24.7 Å². The lowest BCUT2D eigenvalue weighted by Crippen LogP contribution is -2.49. The van der Waals surface area contributed by atoms with Crippen LogP contribution in [-0.2, 0) is 32.6 Å². The quantitative estimate of drug-likeness (QED) is 0.807. The summed E-state index contributed by atoms with van der Waals surface area (Å²) in [4.78, 5) is 27.0. The van der Waals surface area contributed by atoms with Gasteiger partial charge in [0.15, 0.2) is 0 Å². The molecule has 0 saturated carbocycles. The monoisotopic (exact) mass is 410 g/mol. The second kappa shape index (κ2) is 7.58. The van der Waals surface area contributed by atoms with Crippen molar-refractivity contribution in [3.05, 3.63) is 16.0 Å². The van der Waals surface area contributed by atoms with Crippen LogP contribution in [-0.4, -0.2) is 54.8 Å². The van der Waals surface area contributed by atoms with Crippen molar-refractivity contribution in [3.63, 3.8) is 0 Å². The van der Waals surface area contributed by atoms with E-state index in [1.54, 1.807) is 4.90 Å². The fourth-order valence-electron chi connectivity index (χ4n) is 3.64. The predicted octanol–water partition coefficient (Wildman–Crippen LogP) is 1.28. The van der Waals surface area contributed by atoms with E-state index in [-0.39, 0.29) is 5.91 Å². The molecule has 1 aromatic heterocycles. The Morgan fingerprint density at radius 3 is 2.67 bits per heavy atom. The van der Waals surface area contributed by atoms with Crippen molar-refractivity contribution in [1.29, 1.82) is 5.26 Å². The van der Waals surface area contributed by atoms with Gasteiger partial charge in [0.05, 0.1) is 18.4 Å². The second-order valence-corrected chi connectivity index (χ2v) is 9.93. The highest BCUT2D eigenvalue weighted by atomic mass is 32.2. The fraction of sp³-hybridized carbons (Fsp3) is 0.588. The van der Waals surface area contributed by atoms with Gasteiger partial charge in [0.2, 0.25) is 21.8 Å². The Labute approximate surface area is 162 Å². The van der Waals surface area contributed by atoms with Gasteiger partial charge in [-0.25, -0.2) is 8.42 Å². The topological polar surface area (TPSA) is 111 Å². The summed E-state index contributed by atoms with van der Waals surface area (Å²) < 4.78 is 25.2. The molecular weight excluding hydrogens is 388 g/mol. The van der Waals surface area contributed by atoms with E-state index >= 15 is 0 Å². The molecule has 10 heteroatoms. The highest BCUT2D eigenvalue weighted by molar-refractivity contribution is 7.88. The summed E-state index contributed by atoms with van der Waals surface area (Å²) in [5.74, 6) is -0.428. The van der Waals surface area contributed by atoms with Crippen LogP contribution in [0.2, 0.25) is 0 Å². The van der Waals surface area contributed by atoms with E-state index < -0.39 is 22.0 Å². The Balaban J connectivity index is 1.84. The summed E-state index contributed by atoms with van der Waals surface area (Å²) in [5, 5.41) is 12.8. The van der Waals surface area contributed by atoms with Crippen LogP contribution in [0.1, 0.15) is 42.2 Å². The highest BCUT2D eigenvalue weighted by Crippen LogP contribution is 2.37. The predicted molar refractivity (Wildman–Crippen MR) is 102 cm³/mol. The molecule has 27 heavy (non-hydrogen) atoms. The van der Waals surface area contributed by atoms with Crippen LogP contribution in [0.3, 0.4) is 0 Å². The van der Waals surface area contributed by atoms with Gasteiger partial charge < -0.3 is 10.2 Å². The first kappa shape index (κ1) is 19.8. The van der Waals surface area contributed by atoms with Gasteiger partial charge in [-0.1, -0.05) is 6.42 Å². The molecule has 3 rings (SSSR count). The first-order valence-electron chi connectivity index (χ1n) is 8.80. The van der Waals surface area contributed by atoms with Crippen molar-refractivity contribution in [2.24, 2.45) is 0 Å². The van der Waals surface area contributed by atoms with Crippen LogP contribution in [0.15, 0.2) is 0 Å². The van der Waals surface area contributed by atoms with Crippen LogP contribution in [0.5, 0.6) is 0 Å². The third kappa shape index (κ3) is 4.00. The summed E-state index contributed by atoms with van der Waals surface area (Å²) in [7, 11) is -3.48. The SMILES string of the molecule is CC(=O)N1CCc2c(sc(NC(=O)C3CCCCN3S(C)(=O)=O)c2C#N)C1. The molecule has 0 bridgehead atoms. The number of amides is 2. The molecular formula is C17H22N4O4S2. The van der Waals surface area contributed by atoms with Gasteiger partial charge in [-0.05, 0) is 24.8 Å². The smallest absolute Gasteiger partial charge is 0.243 e. The van der Waals surface area contributed by atoms with Gasteiger partial charge in [0, 0.05) is 24.9 Å². The van der Waals surface area contributed by atoms with Crippen LogP contribution in [0.4, 0.5) is 5.00 Å². The zero-order valence-corrected chi connectivity index (χ0v) is 17.0. The average molecular weight is 411 g/mol. The fourth-order valence-corrected chi connectivity index (χ4v) is 5.98. The zero-order chi connectivity index (χ0) is 19.8. The molecule has 0 aliphatic carbocycles. The minimum atomic E-state index is -3.48. The number of anilines is 1. The average Bonchev–Trinajstić information content (AvgIpc) is 2.96. The number of nitriles is 1. The van der Waals surface area contributed by atoms with Crippen LogP contribution < -0.4 is 5.32 Å². The Bertz CT molecular complexity index is 916. The van der Waals surface area contributed by atoms with Crippen molar-refractivity contribution in [2.45, 2.75) is 45.2 Å². The molecule has 1 N–H and O–H groups in total. The van der Waals surface area contributed by atoms with E-state index in [4.69, 9.17) is 0 Å². The van der Waals surface area contributed by atoms with Crippen LogP contribution in [0.25, 0.3) is 0 Å². The van der Waals surface area contributed by atoms with Gasteiger partial charge in [-0.2, -0.15) is 9.57 Å². The number of fused-ring (bicyclic) bond motifs is 1. The lowest BCUT2D eigenvalue weighted by molar-refractivity contribution is -0.129. The van der Waals surface area contributed by atoms with E-state index in [0.29, 0.717) is 43.0 Å². The normalized spacial score (nSPS) is 20.6. The molecule has 1 unspecified atom stereocenters. The Kier molecular flexibility index (Phi) is 5.55. The van der Waals surface area contributed by atoms with Crippen LogP contribution in [0, 0.1) is 11.3 Å². The number of rotatable bonds is 3. The first-order chi connectivity index (χ1) is 12.7. The van der Waals surface area contributed by atoms with Crippen molar-refractivity contribution in [3.8, 4) is 6.07 Å². The maximum atomic E-state index is 12.8. The summed E-state index contributed by atoms with van der Waals surface area (Å²) in [6, 6.07) is 1.40.